The molecule has 0 radical (unpaired) electrons. The summed E-state index contributed by atoms with van der Waals surface area (Å²) in [5.74, 6) is -2.09. The molecule has 4 N–H and O–H groups in total. The maximum atomic E-state index is 12.3. The van der Waals surface area contributed by atoms with Crippen LogP contribution < -0.4 is 4.74 Å². The van der Waals surface area contributed by atoms with Crippen LogP contribution in [0.3, 0.4) is 0 Å². The Labute approximate surface area is 179 Å². The number of piperidine rings is 1. The minimum atomic E-state index is -1.88. The highest BCUT2D eigenvalue weighted by Crippen LogP contribution is 2.62. The SMILES string of the molecule is Cc1ccc(O)c2c1C13CCN(C)[C@H](C)[C@]1(O)CC=C(OC(=O)C[C@@H](O)C(=O)O)C3O2. The van der Waals surface area contributed by atoms with Gasteiger partial charge in [-0.1, -0.05) is 6.07 Å². The van der Waals surface area contributed by atoms with Crippen molar-refractivity contribution in [1.82, 2.24) is 4.90 Å². The number of likely N-dealkylation sites (N-methyl/N-ethyl adjacent to an activating group) is 1. The molecule has 1 aromatic rings. The van der Waals surface area contributed by atoms with Gasteiger partial charge in [0.05, 0.1) is 17.4 Å². The van der Waals surface area contributed by atoms with Gasteiger partial charge in [0.1, 0.15) is 5.76 Å². The fourth-order valence-corrected chi connectivity index (χ4v) is 5.42. The molecule has 2 unspecified atom stereocenters. The van der Waals surface area contributed by atoms with E-state index in [0.29, 0.717) is 18.5 Å². The fraction of sp³-hybridized carbons (Fsp3) is 0.545. The zero-order valence-corrected chi connectivity index (χ0v) is 17.7. The molecule has 2 aliphatic heterocycles. The van der Waals surface area contributed by atoms with E-state index in [1.54, 1.807) is 12.1 Å². The largest absolute Gasteiger partial charge is 0.504 e. The molecule has 9 nitrogen and oxygen atoms in total. The summed E-state index contributed by atoms with van der Waals surface area (Å²) in [4.78, 5) is 25.2. The maximum Gasteiger partial charge on any atom is 0.333 e. The summed E-state index contributed by atoms with van der Waals surface area (Å²) in [5, 5.41) is 40.8. The third-order valence-electron chi connectivity index (χ3n) is 7.21. The summed E-state index contributed by atoms with van der Waals surface area (Å²) in [6, 6.07) is 3.05. The second-order valence-corrected chi connectivity index (χ2v) is 8.75. The van der Waals surface area contributed by atoms with Gasteiger partial charge in [-0.2, -0.15) is 0 Å². The van der Waals surface area contributed by atoms with Gasteiger partial charge in [-0.25, -0.2) is 4.79 Å². The van der Waals surface area contributed by atoms with Crippen LogP contribution in [0.4, 0.5) is 0 Å². The Balaban J connectivity index is 1.80. The Hall–Kier alpha value is -2.62. The van der Waals surface area contributed by atoms with E-state index in [0.717, 1.165) is 5.56 Å². The van der Waals surface area contributed by atoms with Gasteiger partial charge >= 0.3 is 11.9 Å². The molecule has 168 valence electrons. The van der Waals surface area contributed by atoms with Crippen LogP contribution in [0, 0.1) is 6.92 Å². The summed E-state index contributed by atoms with van der Waals surface area (Å²) >= 11 is 0. The lowest BCUT2D eigenvalue weighted by Crippen LogP contribution is -2.71. The number of aliphatic hydroxyl groups is 2. The number of aliphatic carboxylic acids is 1. The summed E-state index contributed by atoms with van der Waals surface area (Å²) in [7, 11) is 1.93. The summed E-state index contributed by atoms with van der Waals surface area (Å²) in [5.41, 5.74) is -0.677. The van der Waals surface area contributed by atoms with Crippen LogP contribution >= 0.6 is 0 Å². The third-order valence-corrected chi connectivity index (χ3v) is 7.21. The minimum Gasteiger partial charge on any atom is -0.504 e. The number of ether oxygens (including phenoxy) is 2. The van der Waals surface area contributed by atoms with E-state index < -0.39 is 41.6 Å². The number of aliphatic hydroxyl groups excluding tert-OH is 1. The van der Waals surface area contributed by atoms with Crippen LogP contribution in [0.2, 0.25) is 0 Å². The number of aromatic hydroxyl groups is 1. The lowest BCUT2D eigenvalue weighted by molar-refractivity contribution is -0.164. The van der Waals surface area contributed by atoms with E-state index in [9.17, 15) is 24.9 Å². The molecule has 5 atom stereocenters. The Bertz CT molecular complexity index is 975. The molecule has 0 aromatic heterocycles. The first kappa shape index (κ1) is 21.6. The molecular formula is C22H27NO8. The molecular weight excluding hydrogens is 406 g/mol. The molecule has 0 saturated carbocycles. The predicted molar refractivity (Wildman–Crippen MR) is 108 cm³/mol. The van der Waals surface area contributed by atoms with Crippen LogP contribution in [-0.2, 0) is 19.7 Å². The lowest BCUT2D eigenvalue weighted by Gasteiger charge is -2.58. The quantitative estimate of drug-likeness (QED) is 0.509. The molecule has 1 saturated heterocycles. The van der Waals surface area contributed by atoms with Crippen molar-refractivity contribution in [2.45, 2.75) is 62.4 Å². The van der Waals surface area contributed by atoms with Gasteiger partial charge in [-0.05, 0) is 51.6 Å². The molecule has 4 rings (SSSR count). The summed E-state index contributed by atoms with van der Waals surface area (Å²) in [6.07, 6.45) is -1.21. The first-order chi connectivity index (χ1) is 14.5. The number of esters is 1. The van der Waals surface area contributed by atoms with Crippen LogP contribution in [0.15, 0.2) is 24.0 Å². The highest BCUT2D eigenvalue weighted by atomic mass is 16.6. The Kier molecular flexibility index (Phi) is 5.03. The van der Waals surface area contributed by atoms with Crippen molar-refractivity contribution in [1.29, 1.82) is 0 Å². The van der Waals surface area contributed by atoms with Gasteiger partial charge in [0.25, 0.3) is 0 Å². The van der Waals surface area contributed by atoms with Crippen LogP contribution in [0.25, 0.3) is 0 Å². The molecule has 9 heteroatoms. The number of benzene rings is 1. The monoisotopic (exact) mass is 433 g/mol. The van der Waals surface area contributed by atoms with Crippen molar-refractivity contribution in [3.63, 3.8) is 0 Å². The second-order valence-electron chi connectivity index (χ2n) is 8.75. The van der Waals surface area contributed by atoms with E-state index >= 15 is 0 Å². The second kappa shape index (κ2) is 7.22. The number of hydrogen-bond acceptors (Lipinski definition) is 8. The number of phenols is 1. The number of phenolic OH excluding ortho intramolecular Hbond substituents is 1. The van der Waals surface area contributed by atoms with Gasteiger partial charge in [0.2, 0.25) is 0 Å². The molecule has 3 aliphatic rings. The summed E-state index contributed by atoms with van der Waals surface area (Å²) in [6.45, 7) is 4.47. The van der Waals surface area contributed by atoms with Crippen molar-refractivity contribution < 1.29 is 39.5 Å². The van der Waals surface area contributed by atoms with Gasteiger partial charge in [0.15, 0.2) is 23.7 Å². The normalized spacial score (nSPS) is 32.7. The molecule has 2 heterocycles. The summed E-state index contributed by atoms with van der Waals surface area (Å²) < 4.78 is 11.6. The number of aryl methyl sites for hydroxylation is 1. The molecule has 1 fully saturated rings. The van der Waals surface area contributed by atoms with E-state index in [1.807, 2.05) is 20.9 Å². The van der Waals surface area contributed by atoms with Crippen LogP contribution in [-0.4, -0.2) is 74.7 Å². The Morgan fingerprint density at radius 3 is 2.77 bits per heavy atom. The lowest BCUT2D eigenvalue weighted by atomic mass is 9.54. The molecule has 0 bridgehead atoms. The first-order valence-electron chi connectivity index (χ1n) is 10.3. The van der Waals surface area contributed by atoms with Crippen LogP contribution in [0.1, 0.15) is 37.3 Å². The third kappa shape index (κ3) is 2.95. The predicted octanol–water partition coefficient (Wildman–Crippen LogP) is 0.821. The molecule has 31 heavy (non-hydrogen) atoms. The van der Waals surface area contributed by atoms with Gasteiger partial charge in [-0.15, -0.1) is 0 Å². The number of carbonyl (C=O) groups excluding carboxylic acids is 1. The number of hydrogen-bond donors (Lipinski definition) is 4. The van der Waals surface area contributed by atoms with E-state index in [2.05, 4.69) is 4.90 Å². The smallest absolute Gasteiger partial charge is 0.333 e. The zero-order chi connectivity index (χ0) is 22.7. The standard InChI is InChI=1S/C22H27NO8/c1-11-4-5-13(24)18-17(11)21-8-9-23(3)12(2)22(21,29)7-6-15(19(21)31-18)30-16(26)10-14(25)20(27)28/h4-6,12,14,19,24-25,29H,7-10H2,1-3H3,(H,27,28)/t12-,14-,19?,21?,22-/m1/s1. The molecule has 1 aliphatic carbocycles. The first-order valence-corrected chi connectivity index (χ1v) is 10.3. The highest BCUT2D eigenvalue weighted by molar-refractivity contribution is 5.81. The fourth-order valence-electron chi connectivity index (χ4n) is 5.42. The average Bonchev–Trinajstić information content (AvgIpc) is 3.08. The van der Waals surface area contributed by atoms with Crippen molar-refractivity contribution in [2.75, 3.05) is 13.6 Å². The van der Waals surface area contributed by atoms with E-state index in [4.69, 9.17) is 14.6 Å². The van der Waals surface area contributed by atoms with Crippen molar-refractivity contribution in [2.24, 2.45) is 0 Å². The number of carboxylic acid groups (broad SMARTS) is 1. The molecule has 1 spiro atoms. The zero-order valence-electron chi connectivity index (χ0n) is 17.7. The van der Waals surface area contributed by atoms with E-state index in [-0.39, 0.29) is 29.7 Å². The highest BCUT2D eigenvalue weighted by Gasteiger charge is 2.69. The average molecular weight is 433 g/mol. The van der Waals surface area contributed by atoms with Gasteiger partial charge < -0.3 is 34.8 Å². The van der Waals surface area contributed by atoms with Gasteiger partial charge in [0, 0.05) is 18.0 Å². The Morgan fingerprint density at radius 1 is 1.39 bits per heavy atom. The minimum absolute atomic E-state index is 0.0646. The van der Waals surface area contributed by atoms with Crippen molar-refractivity contribution in [3.8, 4) is 11.5 Å². The van der Waals surface area contributed by atoms with E-state index in [1.165, 1.54) is 6.07 Å². The topological polar surface area (TPSA) is 137 Å². The number of likely N-dealkylation sites (tertiary alicyclic amines) is 1. The number of nitrogens with zero attached hydrogens (tertiary/aromatic N) is 1. The molecule has 0 amide bonds. The van der Waals surface area contributed by atoms with Crippen molar-refractivity contribution in [3.05, 3.63) is 35.1 Å². The molecule has 1 aromatic carbocycles. The van der Waals surface area contributed by atoms with Crippen LogP contribution in [0.5, 0.6) is 11.5 Å². The number of carbonyl (C=O) groups is 2. The Morgan fingerprint density at radius 2 is 2.10 bits per heavy atom. The number of fused-ring (bicyclic) bond motifs is 1. The van der Waals surface area contributed by atoms with Crippen molar-refractivity contribution >= 4 is 11.9 Å². The number of rotatable bonds is 4. The number of carboxylic acids is 1. The maximum absolute atomic E-state index is 12.3. The van der Waals surface area contributed by atoms with Gasteiger partial charge in [-0.3, -0.25) is 4.79 Å².